The van der Waals surface area contributed by atoms with E-state index in [-0.39, 0.29) is 17.3 Å². The number of hydrogen-bond acceptors (Lipinski definition) is 5. The molecule has 0 fully saturated rings. The first-order valence-corrected chi connectivity index (χ1v) is 9.80. The third-order valence-electron chi connectivity index (χ3n) is 4.29. The van der Waals surface area contributed by atoms with Crippen LogP contribution in [0.4, 0.5) is 0 Å². The maximum Gasteiger partial charge on any atom is 0.289 e. The van der Waals surface area contributed by atoms with E-state index in [2.05, 4.69) is 14.7 Å². The van der Waals surface area contributed by atoms with Gasteiger partial charge in [0.2, 0.25) is 10.0 Å². The first-order chi connectivity index (χ1) is 12.4. The van der Waals surface area contributed by atoms with Crippen LogP contribution in [0.2, 0.25) is 0 Å². The average molecular weight is 378 g/mol. The molecule has 1 aromatic heterocycles. The zero-order valence-corrected chi connectivity index (χ0v) is 15.6. The quantitative estimate of drug-likeness (QED) is 0.725. The molecule has 1 aromatic carbocycles. The van der Waals surface area contributed by atoms with Crippen LogP contribution >= 0.6 is 0 Å². The maximum atomic E-state index is 12.5. The number of aryl methyl sites for hydroxylation is 1. The molecule has 3 rings (SSSR count). The second-order valence-corrected chi connectivity index (χ2v) is 7.98. The first kappa shape index (κ1) is 18.6. The summed E-state index contributed by atoms with van der Waals surface area (Å²) < 4.78 is 32.0. The lowest BCUT2D eigenvalue weighted by Gasteiger charge is -2.28. The Morgan fingerprint density at radius 3 is 2.88 bits per heavy atom. The molecule has 1 aliphatic heterocycles. The minimum absolute atomic E-state index is 0.151. The summed E-state index contributed by atoms with van der Waals surface area (Å²) in [6.07, 6.45) is 2.22. The molecule has 140 valence electrons. The summed E-state index contributed by atoms with van der Waals surface area (Å²) in [7, 11) is -2.04. The molecule has 9 heteroatoms. The number of methoxy groups -OCH3 is 1. The number of H-pyrrole nitrogens is 1. The topological polar surface area (TPSA) is 104 Å². The van der Waals surface area contributed by atoms with Crippen molar-refractivity contribution in [3.8, 4) is 0 Å². The Balaban J connectivity index is 1.74. The molecular formula is C17H22N4O4S. The predicted octanol–water partition coefficient (Wildman–Crippen LogP) is 0.841. The number of carbonyl (C=O) groups is 1. The molecule has 2 aromatic rings. The molecule has 0 bridgehead atoms. The number of rotatable bonds is 6. The summed E-state index contributed by atoms with van der Waals surface area (Å²) >= 11 is 0. The Kier molecular flexibility index (Phi) is 5.40. The Bertz CT molecular complexity index is 907. The van der Waals surface area contributed by atoms with Gasteiger partial charge in [-0.2, -0.15) is 0 Å². The Morgan fingerprint density at radius 2 is 2.19 bits per heavy atom. The van der Waals surface area contributed by atoms with Gasteiger partial charge >= 0.3 is 0 Å². The van der Waals surface area contributed by atoms with Crippen LogP contribution in [-0.2, 0) is 27.7 Å². The number of aromatic nitrogens is 2. The lowest BCUT2D eigenvalue weighted by Crippen LogP contribution is -2.36. The van der Waals surface area contributed by atoms with E-state index in [4.69, 9.17) is 4.74 Å². The van der Waals surface area contributed by atoms with Crippen molar-refractivity contribution >= 4 is 15.9 Å². The number of sulfonamides is 1. The Labute approximate surface area is 152 Å². The van der Waals surface area contributed by atoms with Gasteiger partial charge in [-0.25, -0.2) is 18.1 Å². The molecule has 8 nitrogen and oxygen atoms in total. The predicted molar refractivity (Wildman–Crippen MR) is 95.3 cm³/mol. The normalized spacial score (nSPS) is 14.3. The molecule has 2 heterocycles. The van der Waals surface area contributed by atoms with Crippen molar-refractivity contribution in [3.05, 3.63) is 47.0 Å². The highest BCUT2D eigenvalue weighted by Gasteiger charge is 2.25. The fraction of sp³-hybridized carbons (Fsp3) is 0.412. The largest absolute Gasteiger partial charge is 0.383 e. The number of aromatic amines is 1. The summed E-state index contributed by atoms with van der Waals surface area (Å²) in [5.74, 6) is 0.175. The minimum atomic E-state index is -3.56. The lowest BCUT2D eigenvalue weighted by molar-refractivity contribution is 0.0723. The molecule has 1 aliphatic rings. The van der Waals surface area contributed by atoms with Gasteiger partial charge < -0.3 is 14.6 Å². The highest BCUT2D eigenvalue weighted by molar-refractivity contribution is 7.89. The highest BCUT2D eigenvalue weighted by Crippen LogP contribution is 2.23. The minimum Gasteiger partial charge on any atom is -0.383 e. The van der Waals surface area contributed by atoms with Gasteiger partial charge in [0.15, 0.2) is 5.82 Å². The lowest BCUT2D eigenvalue weighted by atomic mass is 10.00. The number of amides is 1. The number of nitrogens with zero attached hydrogens (tertiary/aromatic N) is 2. The van der Waals surface area contributed by atoms with E-state index in [0.29, 0.717) is 31.9 Å². The summed E-state index contributed by atoms with van der Waals surface area (Å²) in [4.78, 5) is 21.5. The summed E-state index contributed by atoms with van der Waals surface area (Å²) in [5.41, 5.74) is 2.73. The number of nitrogens with one attached hydrogen (secondary N) is 2. The molecule has 0 saturated heterocycles. The van der Waals surface area contributed by atoms with E-state index in [1.165, 1.54) is 7.11 Å². The van der Waals surface area contributed by atoms with Crippen LogP contribution in [0, 0.1) is 6.92 Å². The van der Waals surface area contributed by atoms with Crippen molar-refractivity contribution in [1.29, 1.82) is 0 Å². The van der Waals surface area contributed by atoms with Crippen LogP contribution in [0.15, 0.2) is 29.3 Å². The van der Waals surface area contributed by atoms with Crippen molar-refractivity contribution < 1.29 is 17.9 Å². The Hall–Kier alpha value is -2.23. The number of ether oxygens (including phenoxy) is 1. The smallest absolute Gasteiger partial charge is 0.289 e. The SMILES string of the molecule is COCCNS(=O)(=O)c1ccc2c(c1)CCN(C(=O)c1ncc(C)[nH]1)C2. The van der Waals surface area contributed by atoms with E-state index in [1.54, 1.807) is 29.3 Å². The van der Waals surface area contributed by atoms with Crippen molar-refractivity contribution in [3.63, 3.8) is 0 Å². The van der Waals surface area contributed by atoms with Crippen LogP contribution in [0.5, 0.6) is 0 Å². The fourth-order valence-corrected chi connectivity index (χ4v) is 3.97. The molecule has 0 saturated carbocycles. The van der Waals surface area contributed by atoms with Gasteiger partial charge in [0.25, 0.3) is 5.91 Å². The standard InChI is InChI=1S/C17H22N4O4S/c1-12-10-18-16(20-12)17(22)21-7-5-13-9-15(4-3-14(13)11-21)26(23,24)19-6-8-25-2/h3-4,9-10,19H,5-8,11H2,1-2H3,(H,18,20). The van der Waals surface area contributed by atoms with Gasteiger partial charge in [0.1, 0.15) is 0 Å². The molecule has 2 N–H and O–H groups in total. The van der Waals surface area contributed by atoms with Crippen molar-refractivity contribution in [1.82, 2.24) is 19.6 Å². The molecule has 0 aliphatic carbocycles. The first-order valence-electron chi connectivity index (χ1n) is 8.32. The second kappa shape index (κ2) is 7.56. The molecule has 26 heavy (non-hydrogen) atoms. The number of fused-ring (bicyclic) bond motifs is 1. The number of benzene rings is 1. The van der Waals surface area contributed by atoms with E-state index < -0.39 is 10.0 Å². The monoisotopic (exact) mass is 378 g/mol. The van der Waals surface area contributed by atoms with E-state index in [9.17, 15) is 13.2 Å². The van der Waals surface area contributed by atoms with Gasteiger partial charge in [-0.15, -0.1) is 0 Å². The second-order valence-electron chi connectivity index (χ2n) is 6.21. The van der Waals surface area contributed by atoms with Gasteiger partial charge in [-0.05, 0) is 36.6 Å². The Morgan fingerprint density at radius 1 is 1.38 bits per heavy atom. The number of imidazole rings is 1. The molecule has 0 spiro atoms. The van der Waals surface area contributed by atoms with Crippen molar-refractivity contribution in [2.75, 3.05) is 26.8 Å². The number of hydrogen-bond donors (Lipinski definition) is 2. The molecule has 1 amide bonds. The highest BCUT2D eigenvalue weighted by atomic mass is 32.2. The van der Waals surface area contributed by atoms with Crippen LogP contribution in [0.3, 0.4) is 0 Å². The fourth-order valence-electron chi connectivity index (χ4n) is 2.90. The van der Waals surface area contributed by atoms with E-state index in [1.807, 2.05) is 6.92 Å². The number of carbonyl (C=O) groups excluding carboxylic acids is 1. The van der Waals surface area contributed by atoms with E-state index >= 15 is 0 Å². The summed E-state index contributed by atoms with van der Waals surface area (Å²) in [5, 5.41) is 0. The maximum absolute atomic E-state index is 12.5. The van der Waals surface area contributed by atoms with Crippen LogP contribution < -0.4 is 4.72 Å². The summed E-state index contributed by atoms with van der Waals surface area (Å²) in [6.45, 7) is 3.34. The van der Waals surface area contributed by atoms with Gasteiger partial charge in [0, 0.05) is 38.6 Å². The third-order valence-corrected chi connectivity index (χ3v) is 5.75. The van der Waals surface area contributed by atoms with Gasteiger partial charge in [-0.1, -0.05) is 6.07 Å². The third kappa shape index (κ3) is 3.95. The zero-order chi connectivity index (χ0) is 18.7. The average Bonchev–Trinajstić information content (AvgIpc) is 3.06. The van der Waals surface area contributed by atoms with E-state index in [0.717, 1.165) is 16.8 Å². The summed E-state index contributed by atoms with van der Waals surface area (Å²) in [6, 6.07) is 5.02. The van der Waals surface area contributed by atoms with Crippen molar-refractivity contribution in [2.45, 2.75) is 24.8 Å². The molecular weight excluding hydrogens is 356 g/mol. The molecule has 0 radical (unpaired) electrons. The van der Waals surface area contributed by atoms with Crippen LogP contribution in [0.25, 0.3) is 0 Å². The molecule has 0 atom stereocenters. The zero-order valence-electron chi connectivity index (χ0n) is 14.8. The van der Waals surface area contributed by atoms with Crippen LogP contribution in [0.1, 0.15) is 27.4 Å². The van der Waals surface area contributed by atoms with Crippen LogP contribution in [-0.4, -0.2) is 56.0 Å². The van der Waals surface area contributed by atoms with Gasteiger partial charge in [-0.3, -0.25) is 4.79 Å². The molecule has 0 unspecified atom stereocenters. The van der Waals surface area contributed by atoms with Crippen molar-refractivity contribution in [2.24, 2.45) is 0 Å². The van der Waals surface area contributed by atoms with Gasteiger partial charge in [0.05, 0.1) is 11.5 Å².